The van der Waals surface area contributed by atoms with Gasteiger partial charge in [0.2, 0.25) is 11.8 Å². The van der Waals surface area contributed by atoms with Gasteiger partial charge in [0.1, 0.15) is 18.4 Å². The van der Waals surface area contributed by atoms with Crippen LogP contribution in [-0.4, -0.2) is 133 Å². The Bertz CT molecular complexity index is 1100. The fraction of sp³-hybridized carbons (Fsp3) is 0.667. The number of fused-ring (bicyclic) bond motifs is 1. The summed E-state index contributed by atoms with van der Waals surface area (Å²) >= 11 is 0. The van der Waals surface area contributed by atoms with Crippen LogP contribution in [0.4, 0.5) is 0 Å². The summed E-state index contributed by atoms with van der Waals surface area (Å²) in [5.74, 6) is -2.03. The van der Waals surface area contributed by atoms with Gasteiger partial charge in [0, 0.05) is 6.42 Å². The summed E-state index contributed by atoms with van der Waals surface area (Å²) in [5.41, 5.74) is 0.274. The van der Waals surface area contributed by atoms with Crippen molar-refractivity contribution in [1.29, 1.82) is 0 Å². The molecule has 45 heavy (non-hydrogen) atoms. The van der Waals surface area contributed by atoms with Crippen LogP contribution in [0.1, 0.15) is 46.4 Å². The zero-order valence-electron chi connectivity index (χ0n) is 25.5. The van der Waals surface area contributed by atoms with Crippen molar-refractivity contribution in [2.45, 2.75) is 37.8 Å². The van der Waals surface area contributed by atoms with Crippen LogP contribution in [-0.2, 0) is 38.0 Å². The van der Waals surface area contributed by atoms with Crippen molar-refractivity contribution in [1.82, 2.24) is 15.5 Å². The Labute approximate surface area is 269 Å². The van der Waals surface area contributed by atoms with Crippen LogP contribution in [0.15, 0.2) is 18.2 Å². The van der Waals surface area contributed by atoms with Crippen molar-refractivity contribution in [2.24, 2.45) is 0 Å². The lowest BCUT2D eigenvalue weighted by Crippen LogP contribution is -2.54. The lowest BCUT2D eigenvalue weighted by atomic mass is 10.0. The van der Waals surface area contributed by atoms with Crippen molar-refractivity contribution in [3.05, 3.63) is 29.3 Å². The molecule has 1 aromatic rings. The number of rotatable bonds is 21. The molecule has 1 atom stereocenters. The van der Waals surface area contributed by atoms with Crippen LogP contribution in [0.2, 0.25) is 0 Å². The highest BCUT2D eigenvalue weighted by molar-refractivity contribution is 6.24. The first-order valence-corrected chi connectivity index (χ1v) is 15.2. The highest BCUT2D eigenvalue weighted by atomic mass is 35.5. The third-order valence-electron chi connectivity index (χ3n) is 7.27. The summed E-state index contributed by atoms with van der Waals surface area (Å²) in [7, 11) is 0. The second kappa shape index (κ2) is 20.4. The summed E-state index contributed by atoms with van der Waals surface area (Å²) < 4.78 is 39.0. The van der Waals surface area contributed by atoms with Crippen molar-refractivity contribution < 1.29 is 52.3 Å². The number of nitrogens with one attached hydrogen (secondary N) is 2. The number of amides is 4. The molecule has 2 saturated heterocycles. The lowest BCUT2D eigenvalue weighted by molar-refractivity contribution is -0.136. The first-order valence-electron chi connectivity index (χ1n) is 15.2. The number of nitrogens with zero attached hydrogens (tertiary/aromatic N) is 1. The van der Waals surface area contributed by atoms with Gasteiger partial charge in [0.05, 0.1) is 89.9 Å². The minimum atomic E-state index is -1.03. The number of hydrogen-bond acceptors (Lipinski definition) is 12. The Morgan fingerprint density at radius 3 is 1.82 bits per heavy atom. The molecule has 0 saturated carbocycles. The Morgan fingerprint density at radius 1 is 0.689 bits per heavy atom. The topological polar surface area (TPSA) is 160 Å². The van der Waals surface area contributed by atoms with E-state index in [9.17, 15) is 19.2 Å². The highest BCUT2D eigenvalue weighted by Gasteiger charge is 2.46. The first kappa shape index (κ1) is 36.8. The second-order valence-electron chi connectivity index (χ2n) is 10.4. The Hall–Kier alpha value is -2.69. The molecule has 0 aliphatic carbocycles. The molecule has 3 aliphatic heterocycles. The summed E-state index contributed by atoms with van der Waals surface area (Å²) in [6.45, 7) is 7.21. The van der Waals surface area contributed by atoms with Gasteiger partial charge < -0.3 is 38.5 Å². The molecule has 2 fully saturated rings. The lowest BCUT2D eigenvalue weighted by Gasteiger charge is -2.27. The van der Waals surface area contributed by atoms with Crippen LogP contribution >= 0.6 is 12.4 Å². The van der Waals surface area contributed by atoms with E-state index in [1.165, 1.54) is 6.07 Å². The number of ether oxygens (including phenoxy) is 7. The van der Waals surface area contributed by atoms with Gasteiger partial charge in [-0.2, -0.15) is 0 Å². The quantitative estimate of drug-likeness (QED) is 0.141. The molecular weight excluding hydrogens is 614 g/mol. The fourth-order valence-corrected chi connectivity index (χ4v) is 5.03. The van der Waals surface area contributed by atoms with E-state index in [4.69, 9.17) is 33.2 Å². The maximum absolute atomic E-state index is 13.1. The standard InChI is InChI=1S/C30H43N3O11.ClH/c34-26-5-4-24(28(35)32-26)33-29(36)23-2-1-3-25(27(23)30(33)37)44-21-19-42-17-15-40-13-11-38-10-12-39-14-16-41-18-20-43-22-6-8-31-9-7-22;/h1-3,22,24,31H,4-21H2,(H,32,34,35);1H. The molecule has 1 unspecified atom stereocenters. The number of hydrogen-bond donors (Lipinski definition) is 2. The van der Waals surface area contributed by atoms with E-state index >= 15 is 0 Å². The maximum Gasteiger partial charge on any atom is 0.266 e. The number of carbonyl (C=O) groups is 4. The second-order valence-corrected chi connectivity index (χ2v) is 10.4. The minimum Gasteiger partial charge on any atom is -0.490 e. The SMILES string of the molecule is Cl.O=C1CCC(N2C(=O)c3cccc(OCCOCCOCCOCCOCCOCCOC4CCNCC4)c3C2=O)C(=O)N1. The number of halogens is 1. The number of carbonyl (C=O) groups excluding carboxylic acids is 4. The molecular formula is C30H44ClN3O11. The predicted octanol–water partition coefficient (Wildman–Crippen LogP) is 0.740. The molecule has 0 radical (unpaired) electrons. The zero-order chi connectivity index (χ0) is 31.0. The van der Waals surface area contributed by atoms with Gasteiger partial charge in [-0.15, -0.1) is 12.4 Å². The Kier molecular flexibility index (Phi) is 16.7. The summed E-state index contributed by atoms with van der Waals surface area (Å²) in [6, 6.07) is 3.69. The molecule has 14 nitrogen and oxygen atoms in total. The van der Waals surface area contributed by atoms with Gasteiger partial charge in [-0.05, 0) is 44.5 Å². The van der Waals surface area contributed by atoms with Crippen molar-refractivity contribution >= 4 is 36.0 Å². The van der Waals surface area contributed by atoms with Crippen LogP contribution in [0, 0.1) is 0 Å². The third kappa shape index (κ3) is 11.6. The van der Waals surface area contributed by atoms with Crippen molar-refractivity contribution in [3.63, 3.8) is 0 Å². The van der Waals surface area contributed by atoms with Crippen LogP contribution < -0.4 is 15.4 Å². The summed E-state index contributed by atoms with van der Waals surface area (Å²) in [4.78, 5) is 50.6. The molecule has 4 rings (SSSR count). The molecule has 0 bridgehead atoms. The van der Waals surface area contributed by atoms with Gasteiger partial charge >= 0.3 is 0 Å². The van der Waals surface area contributed by atoms with Crippen molar-refractivity contribution in [3.8, 4) is 5.75 Å². The van der Waals surface area contributed by atoms with Gasteiger partial charge in [0.15, 0.2) is 0 Å². The van der Waals surface area contributed by atoms with E-state index < -0.39 is 29.7 Å². The number of piperidine rings is 2. The van der Waals surface area contributed by atoms with E-state index in [2.05, 4.69) is 10.6 Å². The van der Waals surface area contributed by atoms with E-state index in [0.29, 0.717) is 72.2 Å². The Morgan fingerprint density at radius 2 is 1.24 bits per heavy atom. The minimum absolute atomic E-state index is 0. The molecule has 15 heteroatoms. The first-order chi connectivity index (χ1) is 21.6. The number of imide groups is 2. The summed E-state index contributed by atoms with van der Waals surface area (Å²) in [6.07, 6.45) is 2.61. The molecule has 4 amide bonds. The van der Waals surface area contributed by atoms with E-state index in [0.717, 1.165) is 30.8 Å². The van der Waals surface area contributed by atoms with E-state index in [1.54, 1.807) is 12.1 Å². The van der Waals surface area contributed by atoms with Gasteiger partial charge in [-0.1, -0.05) is 6.07 Å². The largest absolute Gasteiger partial charge is 0.490 e. The average molecular weight is 658 g/mol. The van der Waals surface area contributed by atoms with Crippen LogP contribution in [0.25, 0.3) is 0 Å². The normalized spacial score (nSPS) is 18.6. The number of benzene rings is 1. The fourth-order valence-electron chi connectivity index (χ4n) is 5.03. The molecule has 0 aromatic heterocycles. The van der Waals surface area contributed by atoms with Gasteiger partial charge in [-0.25, -0.2) is 0 Å². The van der Waals surface area contributed by atoms with Crippen LogP contribution in [0.5, 0.6) is 5.75 Å². The predicted molar refractivity (Wildman–Crippen MR) is 162 cm³/mol. The third-order valence-corrected chi connectivity index (χ3v) is 7.27. The highest BCUT2D eigenvalue weighted by Crippen LogP contribution is 2.33. The molecule has 3 heterocycles. The maximum atomic E-state index is 13.1. The van der Waals surface area contributed by atoms with Crippen molar-refractivity contribution in [2.75, 3.05) is 92.4 Å². The van der Waals surface area contributed by atoms with Gasteiger partial charge in [0.25, 0.3) is 11.8 Å². The average Bonchev–Trinajstić information content (AvgIpc) is 3.28. The summed E-state index contributed by atoms with van der Waals surface area (Å²) in [5, 5.41) is 5.50. The molecule has 2 N–H and O–H groups in total. The van der Waals surface area contributed by atoms with E-state index in [-0.39, 0.29) is 55.3 Å². The molecule has 252 valence electrons. The molecule has 1 aromatic carbocycles. The van der Waals surface area contributed by atoms with Gasteiger partial charge in [-0.3, -0.25) is 29.4 Å². The van der Waals surface area contributed by atoms with E-state index in [1.807, 2.05) is 0 Å². The monoisotopic (exact) mass is 657 g/mol. The molecule has 3 aliphatic rings. The van der Waals surface area contributed by atoms with Crippen LogP contribution in [0.3, 0.4) is 0 Å². The smallest absolute Gasteiger partial charge is 0.266 e. The Balaban J connectivity index is 0.00000552. The zero-order valence-corrected chi connectivity index (χ0v) is 26.3. The molecule has 0 spiro atoms.